The molecule has 0 aliphatic heterocycles. The van der Waals surface area contributed by atoms with E-state index in [4.69, 9.17) is 10.00 Å². The van der Waals surface area contributed by atoms with Crippen LogP contribution in [-0.4, -0.2) is 35.9 Å². The highest BCUT2D eigenvalue weighted by atomic mass is 19.4. The summed E-state index contributed by atoms with van der Waals surface area (Å²) in [5.74, 6) is 0. The number of benzene rings is 1. The predicted molar refractivity (Wildman–Crippen MR) is 104 cm³/mol. The second kappa shape index (κ2) is 8.70. The van der Waals surface area contributed by atoms with Crippen LogP contribution in [0.1, 0.15) is 36.6 Å². The molecule has 5 nitrogen and oxygen atoms in total. The minimum atomic E-state index is -4.56. The van der Waals surface area contributed by atoms with E-state index < -0.39 is 11.7 Å². The minimum Gasteiger partial charge on any atom is -0.383 e. The first kappa shape index (κ1) is 20.9. The number of ether oxygens (including phenoxy) is 1. The van der Waals surface area contributed by atoms with Crippen LogP contribution in [0.4, 0.5) is 18.9 Å². The van der Waals surface area contributed by atoms with E-state index in [-0.39, 0.29) is 11.6 Å². The summed E-state index contributed by atoms with van der Waals surface area (Å²) in [6.45, 7) is 3.76. The van der Waals surface area contributed by atoms with Gasteiger partial charge in [0.2, 0.25) is 0 Å². The summed E-state index contributed by atoms with van der Waals surface area (Å²) < 4.78 is 47.2. The van der Waals surface area contributed by atoms with Crippen molar-refractivity contribution in [3.05, 3.63) is 53.6 Å². The number of nitriles is 1. The Balaban J connectivity index is 1.81. The largest absolute Gasteiger partial charge is 0.417 e. The molecular weight excluding hydrogens is 381 g/mol. The molecule has 0 N–H and O–H groups in total. The van der Waals surface area contributed by atoms with E-state index in [9.17, 15) is 13.2 Å². The van der Waals surface area contributed by atoms with Gasteiger partial charge in [-0.15, -0.1) is 0 Å². The highest BCUT2D eigenvalue weighted by molar-refractivity contribution is 5.67. The Morgan fingerprint density at radius 2 is 2.17 bits per heavy atom. The second-order valence-corrected chi connectivity index (χ2v) is 6.91. The standard InChI is InChI=1S/C21H23F3N4O/c1-3-28(18-7-5-16(12-25)19(11-18)21(22,23)24)17-6-4-15(10-17)20-13-26-14-27(20)8-9-29-2/h4-5,7,11,13-14,17H,3,6,8-10H2,1-2H3. The number of halogens is 3. The number of hydrogen-bond donors (Lipinski definition) is 0. The van der Waals surface area contributed by atoms with E-state index in [0.29, 0.717) is 31.8 Å². The summed E-state index contributed by atoms with van der Waals surface area (Å²) >= 11 is 0. The molecule has 154 valence electrons. The topological polar surface area (TPSA) is 54.1 Å². The van der Waals surface area contributed by atoms with Crippen LogP contribution in [0.3, 0.4) is 0 Å². The highest BCUT2D eigenvalue weighted by Gasteiger charge is 2.35. The fourth-order valence-corrected chi connectivity index (χ4v) is 3.80. The molecule has 0 bridgehead atoms. The van der Waals surface area contributed by atoms with Crippen molar-refractivity contribution in [2.24, 2.45) is 0 Å². The average molecular weight is 404 g/mol. The normalized spacial score (nSPS) is 16.6. The molecule has 0 fully saturated rings. The Bertz CT molecular complexity index is 927. The molecule has 1 unspecified atom stereocenters. The summed E-state index contributed by atoms with van der Waals surface area (Å²) in [4.78, 5) is 6.19. The van der Waals surface area contributed by atoms with Crippen molar-refractivity contribution in [1.29, 1.82) is 5.26 Å². The van der Waals surface area contributed by atoms with E-state index in [1.165, 1.54) is 6.07 Å². The molecule has 1 aliphatic rings. The lowest BCUT2D eigenvalue weighted by Crippen LogP contribution is -2.33. The van der Waals surface area contributed by atoms with E-state index in [2.05, 4.69) is 11.1 Å². The molecule has 1 aliphatic carbocycles. The summed E-state index contributed by atoms with van der Waals surface area (Å²) in [6.07, 6.45) is 2.59. The highest BCUT2D eigenvalue weighted by Crippen LogP contribution is 2.37. The van der Waals surface area contributed by atoms with Crippen molar-refractivity contribution in [2.75, 3.05) is 25.2 Å². The van der Waals surface area contributed by atoms with Crippen molar-refractivity contribution >= 4 is 11.3 Å². The van der Waals surface area contributed by atoms with Crippen LogP contribution in [0, 0.1) is 11.3 Å². The summed E-state index contributed by atoms with van der Waals surface area (Å²) in [6, 6.07) is 5.62. The van der Waals surface area contributed by atoms with Gasteiger partial charge in [-0.1, -0.05) is 6.08 Å². The Kier molecular flexibility index (Phi) is 6.28. The van der Waals surface area contributed by atoms with Crippen LogP contribution < -0.4 is 4.90 Å². The van der Waals surface area contributed by atoms with Crippen LogP contribution in [0.15, 0.2) is 36.8 Å². The molecule has 0 spiro atoms. The van der Waals surface area contributed by atoms with Crippen molar-refractivity contribution in [2.45, 2.75) is 38.5 Å². The predicted octanol–water partition coefficient (Wildman–Crippen LogP) is 4.49. The SMILES string of the molecule is CCN(c1ccc(C#N)c(C(F)(F)F)c1)C1CC=C(c2cncn2CCOC)C1. The van der Waals surface area contributed by atoms with Crippen molar-refractivity contribution in [1.82, 2.24) is 9.55 Å². The van der Waals surface area contributed by atoms with E-state index in [0.717, 1.165) is 23.8 Å². The summed E-state index contributed by atoms with van der Waals surface area (Å²) in [7, 11) is 1.65. The fraction of sp³-hybridized carbons (Fsp3) is 0.429. The molecule has 1 aromatic carbocycles. The smallest absolute Gasteiger partial charge is 0.383 e. The van der Waals surface area contributed by atoms with Crippen LogP contribution in [0.25, 0.3) is 5.57 Å². The molecule has 3 rings (SSSR count). The summed E-state index contributed by atoms with van der Waals surface area (Å²) in [5, 5.41) is 9.02. The molecule has 1 atom stereocenters. The third kappa shape index (κ3) is 4.46. The third-order valence-electron chi connectivity index (χ3n) is 5.21. The van der Waals surface area contributed by atoms with Gasteiger partial charge in [-0.05, 0) is 43.5 Å². The molecule has 0 saturated carbocycles. The van der Waals surface area contributed by atoms with Crippen molar-refractivity contribution < 1.29 is 17.9 Å². The number of methoxy groups -OCH3 is 1. The van der Waals surface area contributed by atoms with Gasteiger partial charge in [-0.2, -0.15) is 18.4 Å². The third-order valence-corrected chi connectivity index (χ3v) is 5.21. The molecule has 29 heavy (non-hydrogen) atoms. The van der Waals surface area contributed by atoms with Crippen LogP contribution >= 0.6 is 0 Å². The lowest BCUT2D eigenvalue weighted by atomic mass is 10.0. The molecule has 0 amide bonds. The monoisotopic (exact) mass is 404 g/mol. The second-order valence-electron chi connectivity index (χ2n) is 6.91. The van der Waals surface area contributed by atoms with Crippen molar-refractivity contribution in [3.8, 4) is 6.07 Å². The Labute approximate surface area is 168 Å². The van der Waals surface area contributed by atoms with Gasteiger partial charge < -0.3 is 14.2 Å². The first-order chi connectivity index (χ1) is 13.9. The first-order valence-corrected chi connectivity index (χ1v) is 9.45. The summed E-state index contributed by atoms with van der Waals surface area (Å²) in [5.41, 5.74) is 1.37. The Morgan fingerprint density at radius 3 is 2.83 bits per heavy atom. The maximum Gasteiger partial charge on any atom is 0.417 e. The quantitative estimate of drug-likeness (QED) is 0.682. The zero-order valence-electron chi connectivity index (χ0n) is 16.4. The maximum absolute atomic E-state index is 13.4. The van der Waals surface area contributed by atoms with E-state index in [1.54, 1.807) is 25.6 Å². The number of aromatic nitrogens is 2. The van der Waals surface area contributed by atoms with E-state index >= 15 is 0 Å². The number of imidazole rings is 1. The molecule has 1 aromatic heterocycles. The maximum atomic E-state index is 13.4. The van der Waals surface area contributed by atoms with Crippen LogP contribution in [0.5, 0.6) is 0 Å². The number of anilines is 1. The van der Waals surface area contributed by atoms with Crippen LogP contribution in [0.2, 0.25) is 0 Å². The molecule has 0 saturated heterocycles. The molecule has 2 aromatic rings. The first-order valence-electron chi connectivity index (χ1n) is 9.45. The molecule has 0 radical (unpaired) electrons. The Morgan fingerprint density at radius 1 is 1.38 bits per heavy atom. The lowest BCUT2D eigenvalue weighted by molar-refractivity contribution is -0.137. The number of rotatable bonds is 7. The van der Waals surface area contributed by atoms with Gasteiger partial charge in [0.25, 0.3) is 0 Å². The molecule has 8 heteroatoms. The average Bonchev–Trinajstić information content (AvgIpc) is 3.35. The van der Waals surface area contributed by atoms with Gasteiger partial charge in [0, 0.05) is 31.9 Å². The zero-order valence-corrected chi connectivity index (χ0v) is 16.4. The Hall–Kier alpha value is -2.79. The van der Waals surface area contributed by atoms with Gasteiger partial charge in [0.1, 0.15) is 0 Å². The van der Waals surface area contributed by atoms with Gasteiger partial charge in [-0.3, -0.25) is 0 Å². The van der Waals surface area contributed by atoms with Gasteiger partial charge in [0.05, 0.1) is 42.0 Å². The zero-order chi connectivity index (χ0) is 21.0. The molecular formula is C21H23F3N4O. The molecule has 1 heterocycles. The van der Waals surface area contributed by atoms with Crippen LogP contribution in [-0.2, 0) is 17.5 Å². The lowest BCUT2D eigenvalue weighted by Gasteiger charge is -2.31. The van der Waals surface area contributed by atoms with Gasteiger partial charge in [0.15, 0.2) is 0 Å². The number of hydrogen-bond acceptors (Lipinski definition) is 4. The fourth-order valence-electron chi connectivity index (χ4n) is 3.80. The van der Waals surface area contributed by atoms with Crippen molar-refractivity contribution in [3.63, 3.8) is 0 Å². The number of alkyl halides is 3. The van der Waals surface area contributed by atoms with E-state index in [1.807, 2.05) is 22.6 Å². The number of nitrogens with zero attached hydrogens (tertiary/aromatic N) is 4. The van der Waals surface area contributed by atoms with Gasteiger partial charge >= 0.3 is 6.18 Å². The minimum absolute atomic E-state index is 0.0507. The van der Waals surface area contributed by atoms with Gasteiger partial charge in [-0.25, -0.2) is 4.98 Å².